The van der Waals surface area contributed by atoms with Gasteiger partial charge in [0.1, 0.15) is 11.5 Å². The van der Waals surface area contributed by atoms with Gasteiger partial charge in [-0.15, -0.1) is 0 Å². The van der Waals surface area contributed by atoms with E-state index < -0.39 is 15.9 Å². The number of para-hydroxylation sites is 1. The number of hydrogen-bond acceptors (Lipinski definition) is 5. The first-order chi connectivity index (χ1) is 19.3. The van der Waals surface area contributed by atoms with Crippen molar-refractivity contribution in [3.8, 4) is 16.9 Å². The highest BCUT2D eigenvalue weighted by Crippen LogP contribution is 2.23. The molecule has 5 aromatic rings. The summed E-state index contributed by atoms with van der Waals surface area (Å²) in [6.45, 7) is 1.87. The van der Waals surface area contributed by atoms with Gasteiger partial charge in [0, 0.05) is 28.6 Å². The second-order valence-electron chi connectivity index (χ2n) is 8.92. The van der Waals surface area contributed by atoms with Crippen LogP contribution in [0, 0.1) is 12.7 Å². The van der Waals surface area contributed by atoms with Crippen LogP contribution in [-0.4, -0.2) is 30.3 Å². The topological polar surface area (TPSA) is 105 Å². The lowest BCUT2D eigenvalue weighted by molar-refractivity contribution is 0.0955. The summed E-state index contributed by atoms with van der Waals surface area (Å²) in [5.41, 5.74) is 6.72. The normalized spacial score (nSPS) is 11.4. The fourth-order valence-corrected chi connectivity index (χ4v) is 4.93. The molecule has 1 aromatic heterocycles. The molecule has 2 N–H and O–H groups in total. The van der Waals surface area contributed by atoms with Crippen LogP contribution in [-0.2, 0) is 10.0 Å². The SMILES string of the molecule is Cc1ccc(S(=O)(=O)Nc2ccc(C(=O)N/N=C/c3cn(-c4ccccc4)nc3-c3ccc(F)cc3)cc2)cc1. The maximum absolute atomic E-state index is 13.5. The van der Waals surface area contributed by atoms with Crippen LogP contribution in [0.25, 0.3) is 16.9 Å². The van der Waals surface area contributed by atoms with Crippen molar-refractivity contribution in [1.29, 1.82) is 0 Å². The van der Waals surface area contributed by atoms with Gasteiger partial charge in [0.25, 0.3) is 15.9 Å². The van der Waals surface area contributed by atoms with E-state index in [9.17, 15) is 17.6 Å². The van der Waals surface area contributed by atoms with Crippen LogP contribution in [0.5, 0.6) is 0 Å². The van der Waals surface area contributed by atoms with Crippen LogP contribution in [0.15, 0.2) is 119 Å². The third-order valence-electron chi connectivity index (χ3n) is 5.98. The minimum absolute atomic E-state index is 0.143. The lowest BCUT2D eigenvalue weighted by atomic mass is 10.1. The number of benzene rings is 4. The maximum Gasteiger partial charge on any atom is 0.271 e. The van der Waals surface area contributed by atoms with Gasteiger partial charge in [0.05, 0.1) is 16.8 Å². The predicted molar refractivity (Wildman–Crippen MR) is 152 cm³/mol. The number of rotatable bonds is 8. The van der Waals surface area contributed by atoms with Crippen LogP contribution in [0.1, 0.15) is 21.5 Å². The summed E-state index contributed by atoms with van der Waals surface area (Å²) < 4.78 is 42.9. The van der Waals surface area contributed by atoms with E-state index in [2.05, 4.69) is 20.3 Å². The number of nitrogens with zero attached hydrogens (tertiary/aromatic N) is 3. The van der Waals surface area contributed by atoms with Crippen LogP contribution >= 0.6 is 0 Å². The van der Waals surface area contributed by atoms with E-state index in [-0.39, 0.29) is 16.3 Å². The molecule has 200 valence electrons. The highest BCUT2D eigenvalue weighted by atomic mass is 32.2. The van der Waals surface area contributed by atoms with Crippen molar-refractivity contribution in [3.63, 3.8) is 0 Å². The number of anilines is 1. The smallest absolute Gasteiger partial charge is 0.271 e. The van der Waals surface area contributed by atoms with E-state index in [1.807, 2.05) is 37.3 Å². The molecule has 0 fully saturated rings. The summed E-state index contributed by atoms with van der Waals surface area (Å²) in [7, 11) is -3.76. The number of aromatic nitrogens is 2. The van der Waals surface area contributed by atoms with Crippen molar-refractivity contribution in [2.45, 2.75) is 11.8 Å². The number of aryl methyl sites for hydroxylation is 1. The van der Waals surface area contributed by atoms with Crippen molar-refractivity contribution in [2.75, 3.05) is 4.72 Å². The summed E-state index contributed by atoms with van der Waals surface area (Å²) >= 11 is 0. The maximum atomic E-state index is 13.5. The summed E-state index contributed by atoms with van der Waals surface area (Å²) in [5, 5.41) is 8.73. The Bertz CT molecular complexity index is 1770. The quantitative estimate of drug-likeness (QED) is 0.194. The van der Waals surface area contributed by atoms with Crippen molar-refractivity contribution in [2.24, 2.45) is 5.10 Å². The number of carbonyl (C=O) groups is 1. The number of hydrogen-bond donors (Lipinski definition) is 2. The molecule has 1 heterocycles. The first-order valence-corrected chi connectivity index (χ1v) is 13.7. The fraction of sp³-hybridized carbons (Fsp3) is 0.0333. The van der Waals surface area contributed by atoms with Crippen LogP contribution in [0.3, 0.4) is 0 Å². The molecule has 4 aromatic carbocycles. The van der Waals surface area contributed by atoms with E-state index >= 15 is 0 Å². The van der Waals surface area contributed by atoms with Gasteiger partial charge in [-0.3, -0.25) is 9.52 Å². The number of halogens is 1. The molecule has 8 nitrogen and oxygen atoms in total. The zero-order valence-electron chi connectivity index (χ0n) is 21.3. The largest absolute Gasteiger partial charge is 0.280 e. The van der Waals surface area contributed by atoms with E-state index in [0.717, 1.165) is 11.3 Å². The Balaban J connectivity index is 1.30. The molecule has 0 aliphatic carbocycles. The number of amides is 1. The fourth-order valence-electron chi connectivity index (χ4n) is 3.87. The molecule has 5 rings (SSSR count). The molecular weight excluding hydrogens is 529 g/mol. The van der Waals surface area contributed by atoms with Gasteiger partial charge in [0.15, 0.2) is 0 Å². The molecule has 10 heteroatoms. The molecule has 0 aliphatic heterocycles. The van der Waals surface area contributed by atoms with Gasteiger partial charge in [-0.25, -0.2) is 22.9 Å². The van der Waals surface area contributed by atoms with Gasteiger partial charge in [-0.1, -0.05) is 35.9 Å². The second kappa shape index (κ2) is 11.3. The van der Waals surface area contributed by atoms with Crippen molar-refractivity contribution < 1.29 is 17.6 Å². The average molecular weight is 554 g/mol. The van der Waals surface area contributed by atoms with Crippen LogP contribution in [0.4, 0.5) is 10.1 Å². The van der Waals surface area contributed by atoms with E-state index in [0.29, 0.717) is 22.5 Å². The van der Waals surface area contributed by atoms with Crippen molar-refractivity contribution in [1.82, 2.24) is 15.2 Å². The minimum Gasteiger partial charge on any atom is -0.280 e. The predicted octanol–water partition coefficient (Wildman–Crippen LogP) is 5.55. The van der Waals surface area contributed by atoms with Gasteiger partial charge >= 0.3 is 0 Å². The lowest BCUT2D eigenvalue weighted by Gasteiger charge is -2.09. The van der Waals surface area contributed by atoms with E-state index in [4.69, 9.17) is 0 Å². The highest BCUT2D eigenvalue weighted by Gasteiger charge is 2.15. The van der Waals surface area contributed by atoms with Gasteiger partial charge in [0.2, 0.25) is 0 Å². The van der Waals surface area contributed by atoms with Crippen LogP contribution < -0.4 is 10.1 Å². The Hall–Kier alpha value is -5.09. The first-order valence-electron chi connectivity index (χ1n) is 12.2. The molecule has 40 heavy (non-hydrogen) atoms. The van der Waals surface area contributed by atoms with Crippen LogP contribution in [0.2, 0.25) is 0 Å². The third kappa shape index (κ3) is 6.13. The molecule has 0 radical (unpaired) electrons. The molecule has 0 bridgehead atoms. The highest BCUT2D eigenvalue weighted by molar-refractivity contribution is 7.92. The lowest BCUT2D eigenvalue weighted by Crippen LogP contribution is -2.18. The number of sulfonamides is 1. The van der Waals surface area contributed by atoms with Gasteiger partial charge in [-0.05, 0) is 79.7 Å². The Labute approximate surface area is 230 Å². The van der Waals surface area contributed by atoms with E-state index in [1.54, 1.807) is 35.1 Å². The standard InChI is InChI=1S/C30H24FN5O3S/c1-21-7-17-28(18-8-21)40(38,39)35-26-15-11-23(12-16-26)30(37)33-32-19-24-20-36(27-5-3-2-4-6-27)34-29(24)22-9-13-25(31)14-10-22/h2-20,35H,1H3,(H,33,37)/b32-19+. The molecule has 0 atom stereocenters. The van der Waals surface area contributed by atoms with E-state index in [1.165, 1.54) is 54.7 Å². The van der Waals surface area contributed by atoms with Gasteiger partial charge in [-0.2, -0.15) is 10.2 Å². The molecule has 0 saturated carbocycles. The Morgan fingerprint density at radius 2 is 1.57 bits per heavy atom. The Morgan fingerprint density at radius 1 is 0.900 bits per heavy atom. The molecular formula is C30H24FN5O3S. The Kier molecular flexibility index (Phi) is 7.52. The number of nitrogens with one attached hydrogen (secondary N) is 2. The molecule has 0 aliphatic rings. The summed E-state index contributed by atoms with van der Waals surface area (Å²) in [6, 6.07) is 27.9. The van der Waals surface area contributed by atoms with Crippen molar-refractivity contribution in [3.05, 3.63) is 132 Å². The molecule has 0 unspecified atom stereocenters. The van der Waals surface area contributed by atoms with Gasteiger partial charge < -0.3 is 0 Å². The third-order valence-corrected chi connectivity index (χ3v) is 7.38. The monoisotopic (exact) mass is 553 g/mol. The molecule has 0 spiro atoms. The summed E-state index contributed by atoms with van der Waals surface area (Å²) in [6.07, 6.45) is 3.23. The number of hydrazone groups is 1. The summed E-state index contributed by atoms with van der Waals surface area (Å²) in [4.78, 5) is 12.8. The molecule has 0 saturated heterocycles. The molecule has 1 amide bonds. The van der Waals surface area contributed by atoms with Crippen molar-refractivity contribution >= 4 is 27.8 Å². The second-order valence-corrected chi connectivity index (χ2v) is 10.6. The minimum atomic E-state index is -3.76. The zero-order valence-corrected chi connectivity index (χ0v) is 22.1. The summed E-state index contributed by atoms with van der Waals surface area (Å²) in [5.74, 6) is -0.842. The Morgan fingerprint density at radius 3 is 2.25 bits per heavy atom. The average Bonchev–Trinajstić information content (AvgIpc) is 3.38. The first kappa shape index (κ1) is 26.5. The number of carbonyl (C=O) groups excluding carboxylic acids is 1. The zero-order chi connectivity index (χ0) is 28.1.